The Morgan fingerprint density at radius 2 is 2.11 bits per heavy atom. The minimum absolute atomic E-state index is 0.0584. The Morgan fingerprint density at radius 3 is 2.79 bits per heavy atom. The summed E-state index contributed by atoms with van der Waals surface area (Å²) in [7, 11) is 0. The van der Waals surface area contributed by atoms with Crippen LogP contribution >= 0.6 is 34.5 Å². The topological polar surface area (TPSA) is 50.2 Å². The van der Waals surface area contributed by atoms with Crippen molar-refractivity contribution in [2.45, 2.75) is 6.42 Å². The summed E-state index contributed by atoms with van der Waals surface area (Å²) >= 11 is 13.1. The van der Waals surface area contributed by atoms with Crippen LogP contribution in [0.25, 0.3) is 12.2 Å². The van der Waals surface area contributed by atoms with Crippen LogP contribution in [0.4, 0.5) is 0 Å². The van der Waals surface area contributed by atoms with Crippen LogP contribution < -0.4 is 0 Å². The van der Waals surface area contributed by atoms with E-state index in [1.54, 1.807) is 17.5 Å². The molecule has 0 spiro atoms. The van der Waals surface area contributed by atoms with Crippen LogP contribution in [0.1, 0.15) is 16.3 Å². The van der Waals surface area contributed by atoms with Gasteiger partial charge in [-0.1, -0.05) is 35.3 Å². The molecule has 0 unspecified atom stereocenters. The molecular formula is C13H9Cl2NO2S. The van der Waals surface area contributed by atoms with Crippen molar-refractivity contribution in [3.63, 3.8) is 0 Å². The third-order valence-electron chi connectivity index (χ3n) is 2.26. The average Bonchev–Trinajstić information content (AvgIpc) is 2.77. The molecule has 0 bridgehead atoms. The SMILES string of the molecule is O=C(O)Cc1csc(C=Cc2ccc(Cl)c(Cl)c2)n1. The fourth-order valence-electron chi connectivity index (χ4n) is 1.42. The van der Waals surface area contributed by atoms with Crippen LogP contribution in [-0.4, -0.2) is 16.1 Å². The van der Waals surface area contributed by atoms with Crippen molar-refractivity contribution < 1.29 is 9.90 Å². The Morgan fingerprint density at radius 1 is 1.32 bits per heavy atom. The fourth-order valence-corrected chi connectivity index (χ4v) is 2.43. The highest BCUT2D eigenvalue weighted by Crippen LogP contribution is 2.23. The van der Waals surface area contributed by atoms with Gasteiger partial charge in [0.05, 0.1) is 22.2 Å². The number of carboxylic acid groups (broad SMARTS) is 1. The first-order valence-corrected chi connectivity index (χ1v) is 6.97. The number of hydrogen-bond acceptors (Lipinski definition) is 3. The second kappa shape index (κ2) is 6.19. The Balaban J connectivity index is 2.11. The molecular weight excluding hydrogens is 305 g/mol. The number of nitrogens with zero attached hydrogens (tertiary/aromatic N) is 1. The van der Waals surface area contributed by atoms with Crippen LogP contribution in [0.15, 0.2) is 23.6 Å². The molecule has 0 atom stereocenters. The Hall–Kier alpha value is -1.36. The summed E-state index contributed by atoms with van der Waals surface area (Å²) in [4.78, 5) is 14.7. The molecule has 0 aliphatic carbocycles. The Labute approximate surface area is 124 Å². The number of hydrogen-bond donors (Lipinski definition) is 1. The van der Waals surface area contributed by atoms with Gasteiger partial charge < -0.3 is 5.11 Å². The molecule has 2 rings (SSSR count). The van der Waals surface area contributed by atoms with E-state index < -0.39 is 5.97 Å². The minimum Gasteiger partial charge on any atom is -0.481 e. The van der Waals surface area contributed by atoms with Gasteiger partial charge in [-0.25, -0.2) is 4.98 Å². The molecule has 0 saturated carbocycles. The lowest BCUT2D eigenvalue weighted by Gasteiger charge is -1.96. The van der Waals surface area contributed by atoms with E-state index in [1.165, 1.54) is 11.3 Å². The number of aliphatic carboxylic acids is 1. The van der Waals surface area contributed by atoms with Gasteiger partial charge in [-0.3, -0.25) is 4.79 Å². The predicted molar refractivity (Wildman–Crippen MR) is 78.8 cm³/mol. The van der Waals surface area contributed by atoms with Crippen molar-refractivity contribution in [1.82, 2.24) is 4.98 Å². The van der Waals surface area contributed by atoms with E-state index in [4.69, 9.17) is 28.3 Å². The van der Waals surface area contributed by atoms with Gasteiger partial charge in [-0.15, -0.1) is 11.3 Å². The van der Waals surface area contributed by atoms with Gasteiger partial charge in [0.25, 0.3) is 0 Å². The van der Waals surface area contributed by atoms with Gasteiger partial charge in [0, 0.05) is 5.38 Å². The van der Waals surface area contributed by atoms with Gasteiger partial charge in [-0.05, 0) is 23.8 Å². The third-order valence-corrected chi connectivity index (χ3v) is 3.86. The lowest BCUT2D eigenvalue weighted by Crippen LogP contribution is -1.99. The summed E-state index contributed by atoms with van der Waals surface area (Å²) in [6.45, 7) is 0. The van der Waals surface area contributed by atoms with Crippen LogP contribution in [0.2, 0.25) is 10.0 Å². The van der Waals surface area contributed by atoms with Crippen LogP contribution in [0.5, 0.6) is 0 Å². The molecule has 1 aromatic carbocycles. The first-order chi connectivity index (χ1) is 9.04. The van der Waals surface area contributed by atoms with Gasteiger partial charge >= 0.3 is 5.97 Å². The third kappa shape index (κ3) is 4.06. The van der Waals surface area contributed by atoms with Crippen LogP contribution in [-0.2, 0) is 11.2 Å². The van der Waals surface area contributed by atoms with E-state index in [-0.39, 0.29) is 6.42 Å². The Bertz CT molecular complexity index is 637. The quantitative estimate of drug-likeness (QED) is 0.918. The summed E-state index contributed by atoms with van der Waals surface area (Å²) in [5, 5.41) is 12.2. The first-order valence-electron chi connectivity index (χ1n) is 5.34. The second-order valence-electron chi connectivity index (χ2n) is 3.75. The number of carboxylic acids is 1. The van der Waals surface area contributed by atoms with Gasteiger partial charge in [0.15, 0.2) is 0 Å². The maximum absolute atomic E-state index is 10.5. The number of rotatable bonds is 4. The molecule has 0 amide bonds. The van der Waals surface area contributed by atoms with Crippen molar-refractivity contribution in [2.24, 2.45) is 0 Å². The molecule has 0 aliphatic rings. The van der Waals surface area contributed by atoms with Crippen molar-refractivity contribution in [3.05, 3.63) is 49.9 Å². The van der Waals surface area contributed by atoms with E-state index >= 15 is 0 Å². The normalized spacial score (nSPS) is 11.1. The average molecular weight is 314 g/mol. The highest BCUT2D eigenvalue weighted by Gasteiger charge is 2.04. The molecule has 98 valence electrons. The molecule has 3 nitrogen and oxygen atoms in total. The molecule has 6 heteroatoms. The number of carbonyl (C=O) groups is 1. The summed E-state index contributed by atoms with van der Waals surface area (Å²) in [5.74, 6) is -0.884. The summed E-state index contributed by atoms with van der Waals surface area (Å²) in [6, 6.07) is 5.32. The molecule has 1 aromatic heterocycles. The molecule has 1 heterocycles. The van der Waals surface area contributed by atoms with E-state index in [9.17, 15) is 4.79 Å². The molecule has 0 aliphatic heterocycles. The van der Waals surface area contributed by atoms with E-state index in [2.05, 4.69) is 4.98 Å². The fraction of sp³-hybridized carbons (Fsp3) is 0.0769. The molecule has 0 saturated heterocycles. The zero-order valence-electron chi connectivity index (χ0n) is 9.64. The summed E-state index contributed by atoms with van der Waals surface area (Å²) in [6.07, 6.45) is 3.61. The summed E-state index contributed by atoms with van der Waals surface area (Å²) in [5.41, 5.74) is 1.47. The maximum atomic E-state index is 10.5. The molecule has 0 radical (unpaired) electrons. The number of halogens is 2. The highest BCUT2D eigenvalue weighted by molar-refractivity contribution is 7.10. The van der Waals surface area contributed by atoms with E-state index in [0.29, 0.717) is 15.7 Å². The lowest BCUT2D eigenvalue weighted by molar-refractivity contribution is -0.136. The van der Waals surface area contributed by atoms with E-state index in [0.717, 1.165) is 10.6 Å². The zero-order chi connectivity index (χ0) is 13.8. The summed E-state index contributed by atoms with van der Waals surface area (Å²) < 4.78 is 0. The van der Waals surface area contributed by atoms with Gasteiger partial charge in [0.1, 0.15) is 5.01 Å². The van der Waals surface area contributed by atoms with E-state index in [1.807, 2.05) is 18.2 Å². The van der Waals surface area contributed by atoms with Crippen molar-refractivity contribution >= 4 is 52.7 Å². The lowest BCUT2D eigenvalue weighted by atomic mass is 10.2. The standard InChI is InChI=1S/C13H9Cl2NO2S/c14-10-3-1-8(5-11(10)15)2-4-12-16-9(7-19-12)6-13(17)18/h1-5,7H,6H2,(H,17,18). The first kappa shape index (κ1) is 14.1. The van der Waals surface area contributed by atoms with Gasteiger partial charge in [0.2, 0.25) is 0 Å². The number of aromatic nitrogens is 1. The smallest absolute Gasteiger partial charge is 0.309 e. The molecule has 2 aromatic rings. The van der Waals surface area contributed by atoms with Crippen LogP contribution in [0, 0.1) is 0 Å². The number of benzene rings is 1. The Kier molecular flexibility index (Phi) is 4.58. The van der Waals surface area contributed by atoms with Gasteiger partial charge in [-0.2, -0.15) is 0 Å². The highest BCUT2D eigenvalue weighted by atomic mass is 35.5. The van der Waals surface area contributed by atoms with Crippen LogP contribution in [0.3, 0.4) is 0 Å². The molecule has 19 heavy (non-hydrogen) atoms. The monoisotopic (exact) mass is 313 g/mol. The predicted octanol–water partition coefficient (Wildman–Crippen LogP) is 4.25. The largest absolute Gasteiger partial charge is 0.481 e. The maximum Gasteiger partial charge on any atom is 0.309 e. The zero-order valence-corrected chi connectivity index (χ0v) is 12.0. The van der Waals surface area contributed by atoms with Crippen molar-refractivity contribution in [3.8, 4) is 0 Å². The van der Waals surface area contributed by atoms with Crippen molar-refractivity contribution in [2.75, 3.05) is 0 Å². The number of thiazole rings is 1. The second-order valence-corrected chi connectivity index (χ2v) is 5.46. The minimum atomic E-state index is -0.884. The van der Waals surface area contributed by atoms with Crippen molar-refractivity contribution in [1.29, 1.82) is 0 Å². The molecule has 0 fully saturated rings. The molecule has 1 N–H and O–H groups in total.